The van der Waals surface area contributed by atoms with Crippen LogP contribution in [0.15, 0.2) is 24.9 Å². The van der Waals surface area contributed by atoms with Gasteiger partial charge in [-0.05, 0) is 32.3 Å². The summed E-state index contributed by atoms with van der Waals surface area (Å²) < 4.78 is 12.9. The van der Waals surface area contributed by atoms with Gasteiger partial charge in [0, 0.05) is 18.2 Å². The molecule has 1 saturated heterocycles. The van der Waals surface area contributed by atoms with Gasteiger partial charge < -0.3 is 9.47 Å². The Morgan fingerprint density at radius 3 is 3.04 bits per heavy atom. The molecule has 0 bridgehead atoms. The van der Waals surface area contributed by atoms with E-state index in [-0.39, 0.29) is 11.9 Å². The highest BCUT2D eigenvalue weighted by Crippen LogP contribution is 2.33. The van der Waals surface area contributed by atoms with E-state index in [0.29, 0.717) is 35.4 Å². The summed E-state index contributed by atoms with van der Waals surface area (Å²) in [6.45, 7) is 6.82. The van der Waals surface area contributed by atoms with Gasteiger partial charge in [0.15, 0.2) is 6.23 Å². The van der Waals surface area contributed by atoms with Gasteiger partial charge in [-0.1, -0.05) is 6.58 Å². The molecule has 23 heavy (non-hydrogen) atoms. The number of hydrogen-bond acceptors (Lipinski definition) is 5. The Hall–Kier alpha value is -2.41. The largest absolute Gasteiger partial charge is 0.494 e. The summed E-state index contributed by atoms with van der Waals surface area (Å²) in [7, 11) is 0. The second-order valence-electron chi connectivity index (χ2n) is 5.45. The maximum absolute atomic E-state index is 11.4. The second-order valence-corrected chi connectivity index (χ2v) is 5.45. The molecule has 7 nitrogen and oxygen atoms in total. The van der Waals surface area contributed by atoms with Gasteiger partial charge in [0.1, 0.15) is 5.76 Å². The van der Waals surface area contributed by atoms with Crippen molar-refractivity contribution in [3.63, 3.8) is 0 Å². The molecule has 0 N–H and O–H groups in total. The molecular formula is C16H19N3O4. The number of nitrogens with zero attached hydrogens (tertiary/aromatic N) is 3. The first-order valence-electron chi connectivity index (χ1n) is 7.71. The monoisotopic (exact) mass is 317 g/mol. The zero-order valence-corrected chi connectivity index (χ0v) is 13.0. The van der Waals surface area contributed by atoms with Crippen molar-refractivity contribution in [3.8, 4) is 0 Å². The van der Waals surface area contributed by atoms with Crippen molar-refractivity contribution in [2.24, 2.45) is 0 Å². The number of rotatable bonds is 5. The molecular weight excluding hydrogens is 298 g/mol. The fourth-order valence-electron chi connectivity index (χ4n) is 2.84. The van der Waals surface area contributed by atoms with Gasteiger partial charge in [-0.2, -0.15) is 5.10 Å². The smallest absolute Gasteiger partial charge is 0.281 e. The molecule has 1 aliphatic rings. The fraction of sp³-hybridized carbons (Fsp3) is 0.438. The van der Waals surface area contributed by atoms with E-state index in [1.807, 2.05) is 13.0 Å². The van der Waals surface area contributed by atoms with Crippen LogP contribution in [0, 0.1) is 10.1 Å². The van der Waals surface area contributed by atoms with Crippen LogP contribution < -0.4 is 0 Å². The molecule has 1 atom stereocenters. The number of non-ortho nitro benzene ring substituents is 1. The van der Waals surface area contributed by atoms with Crippen LogP contribution in [0.3, 0.4) is 0 Å². The molecule has 1 aliphatic heterocycles. The average Bonchev–Trinajstić information content (AvgIpc) is 2.98. The molecule has 2 heterocycles. The van der Waals surface area contributed by atoms with Crippen LogP contribution in [-0.2, 0) is 9.47 Å². The minimum atomic E-state index is -0.404. The molecule has 0 aliphatic carbocycles. The number of benzene rings is 1. The summed E-state index contributed by atoms with van der Waals surface area (Å²) in [6.07, 6.45) is 4.28. The van der Waals surface area contributed by atoms with Gasteiger partial charge in [-0.3, -0.25) is 10.1 Å². The summed E-state index contributed by atoms with van der Waals surface area (Å²) in [6, 6.07) is 3.30. The highest BCUT2D eigenvalue weighted by molar-refractivity contribution is 5.91. The van der Waals surface area contributed by atoms with Crippen LogP contribution in [-0.4, -0.2) is 27.9 Å². The number of ether oxygens (including phenoxy) is 2. The minimum absolute atomic E-state index is 0.000382. The van der Waals surface area contributed by atoms with E-state index >= 15 is 0 Å². The van der Waals surface area contributed by atoms with Gasteiger partial charge in [0.2, 0.25) is 0 Å². The van der Waals surface area contributed by atoms with Crippen molar-refractivity contribution in [1.82, 2.24) is 9.78 Å². The highest BCUT2D eigenvalue weighted by atomic mass is 16.6. The van der Waals surface area contributed by atoms with E-state index in [1.165, 1.54) is 12.3 Å². The Morgan fingerprint density at radius 1 is 1.57 bits per heavy atom. The molecule has 1 aromatic heterocycles. The van der Waals surface area contributed by atoms with Crippen LogP contribution in [0.25, 0.3) is 16.7 Å². The Balaban J connectivity index is 2.12. The van der Waals surface area contributed by atoms with E-state index in [0.717, 1.165) is 19.3 Å². The first-order chi connectivity index (χ1) is 11.1. The lowest BCUT2D eigenvalue weighted by atomic mass is 10.1. The quantitative estimate of drug-likeness (QED) is 0.478. The van der Waals surface area contributed by atoms with E-state index in [9.17, 15) is 10.1 Å². The summed E-state index contributed by atoms with van der Waals surface area (Å²) in [5.41, 5.74) is 1.26. The number of hydrogen-bond donors (Lipinski definition) is 0. The van der Waals surface area contributed by atoms with Gasteiger partial charge in [-0.15, -0.1) is 0 Å². The molecule has 1 aromatic carbocycles. The maximum atomic E-state index is 11.4. The lowest BCUT2D eigenvalue weighted by Crippen LogP contribution is -2.19. The molecule has 7 heteroatoms. The predicted molar refractivity (Wildman–Crippen MR) is 85.9 cm³/mol. The molecule has 3 rings (SSSR count). The number of aromatic nitrogens is 2. The van der Waals surface area contributed by atoms with Crippen LogP contribution >= 0.6 is 0 Å². The van der Waals surface area contributed by atoms with E-state index in [1.54, 1.807) is 4.68 Å². The fourth-order valence-corrected chi connectivity index (χ4v) is 2.84. The molecule has 1 fully saturated rings. The third kappa shape index (κ3) is 2.92. The summed E-state index contributed by atoms with van der Waals surface area (Å²) in [4.78, 5) is 11.0. The van der Waals surface area contributed by atoms with Gasteiger partial charge in [-0.25, -0.2) is 4.68 Å². The number of nitro groups is 1. The average molecular weight is 317 g/mol. The molecule has 0 radical (unpaired) electrons. The molecule has 122 valence electrons. The van der Waals surface area contributed by atoms with Crippen LogP contribution in [0.4, 0.5) is 5.69 Å². The van der Waals surface area contributed by atoms with E-state index in [4.69, 9.17) is 9.47 Å². The zero-order valence-electron chi connectivity index (χ0n) is 13.0. The number of fused-ring (bicyclic) bond motifs is 1. The summed E-state index contributed by atoms with van der Waals surface area (Å²) in [5, 5.41) is 16.2. The molecule has 0 saturated carbocycles. The van der Waals surface area contributed by atoms with Crippen molar-refractivity contribution in [2.45, 2.75) is 32.4 Å². The van der Waals surface area contributed by atoms with Gasteiger partial charge in [0.25, 0.3) is 5.69 Å². The lowest BCUT2D eigenvalue weighted by molar-refractivity contribution is -0.383. The van der Waals surface area contributed by atoms with Crippen LogP contribution in [0.1, 0.15) is 38.0 Å². The minimum Gasteiger partial charge on any atom is -0.494 e. The molecule has 0 amide bonds. The third-order valence-corrected chi connectivity index (χ3v) is 3.96. The van der Waals surface area contributed by atoms with Gasteiger partial charge in [0.05, 0.1) is 28.6 Å². The molecule has 2 aromatic rings. The van der Waals surface area contributed by atoms with Crippen molar-refractivity contribution in [3.05, 3.63) is 40.6 Å². The Kier molecular flexibility index (Phi) is 4.29. The first-order valence-corrected chi connectivity index (χ1v) is 7.71. The normalized spacial score (nSPS) is 18.0. The van der Waals surface area contributed by atoms with E-state index in [2.05, 4.69) is 11.7 Å². The van der Waals surface area contributed by atoms with Gasteiger partial charge >= 0.3 is 0 Å². The van der Waals surface area contributed by atoms with Crippen LogP contribution in [0.2, 0.25) is 0 Å². The third-order valence-electron chi connectivity index (χ3n) is 3.96. The highest BCUT2D eigenvalue weighted by Gasteiger charge is 2.23. The maximum Gasteiger partial charge on any atom is 0.281 e. The topological polar surface area (TPSA) is 79.4 Å². The van der Waals surface area contributed by atoms with Crippen molar-refractivity contribution < 1.29 is 14.4 Å². The second kappa shape index (κ2) is 6.37. The van der Waals surface area contributed by atoms with Crippen molar-refractivity contribution in [2.75, 3.05) is 13.2 Å². The predicted octanol–water partition coefficient (Wildman–Crippen LogP) is 3.65. The first kappa shape index (κ1) is 15.5. The SMILES string of the molecule is C=C(OCC)c1cc([N+](=O)[O-])c2cnn(C3CCCCO3)c2c1. The summed E-state index contributed by atoms with van der Waals surface area (Å²) in [5.74, 6) is 0.412. The summed E-state index contributed by atoms with van der Waals surface area (Å²) >= 11 is 0. The standard InChI is InChI=1S/C16H19N3O4/c1-3-22-11(2)12-8-14-13(15(9-12)19(20)21)10-17-18(14)16-6-4-5-7-23-16/h8-10,16H,2-7H2,1H3. The lowest BCUT2D eigenvalue weighted by Gasteiger charge is -2.23. The Labute approximate surface area is 133 Å². The molecule has 1 unspecified atom stereocenters. The van der Waals surface area contributed by atoms with Crippen molar-refractivity contribution >= 4 is 22.3 Å². The zero-order chi connectivity index (χ0) is 16.4. The number of nitro benzene ring substituents is 1. The Bertz CT molecular complexity index is 747. The van der Waals surface area contributed by atoms with E-state index < -0.39 is 4.92 Å². The van der Waals surface area contributed by atoms with Crippen molar-refractivity contribution in [1.29, 1.82) is 0 Å². The van der Waals surface area contributed by atoms with Crippen LogP contribution in [0.5, 0.6) is 0 Å². The Morgan fingerprint density at radius 2 is 2.39 bits per heavy atom. The molecule has 0 spiro atoms.